The average molecular weight is 235 g/mol. The van der Waals surface area contributed by atoms with Crippen molar-refractivity contribution in [3.8, 4) is 5.75 Å². The summed E-state index contributed by atoms with van der Waals surface area (Å²) in [5.41, 5.74) is 0.672. The minimum Gasteiger partial charge on any atom is -0.494 e. The Bertz CT molecular complexity index is 363. The Balaban J connectivity index is 2.57. The van der Waals surface area contributed by atoms with Crippen molar-refractivity contribution in [2.45, 2.75) is 33.2 Å². The lowest BCUT2D eigenvalue weighted by Crippen LogP contribution is -2.39. The van der Waals surface area contributed by atoms with E-state index in [1.807, 2.05) is 39.8 Å². The molecule has 0 aliphatic rings. The molecule has 0 aliphatic heterocycles. The van der Waals surface area contributed by atoms with Gasteiger partial charge in [-0.25, -0.2) is 0 Å². The second kappa shape index (κ2) is 5.82. The molecule has 0 fully saturated rings. The van der Waals surface area contributed by atoms with Gasteiger partial charge in [0.1, 0.15) is 5.75 Å². The lowest BCUT2D eigenvalue weighted by molar-refractivity contribution is 0.0982. The number of benzene rings is 1. The van der Waals surface area contributed by atoms with Gasteiger partial charge in [0.15, 0.2) is 5.78 Å². The third-order valence-corrected chi connectivity index (χ3v) is 2.27. The van der Waals surface area contributed by atoms with E-state index in [2.05, 4.69) is 5.32 Å². The van der Waals surface area contributed by atoms with Crippen LogP contribution in [-0.2, 0) is 0 Å². The number of carbonyl (C=O) groups excluding carboxylic acids is 1. The fourth-order valence-corrected chi connectivity index (χ4v) is 1.35. The summed E-state index contributed by atoms with van der Waals surface area (Å²) in [7, 11) is 0. The predicted molar refractivity (Wildman–Crippen MR) is 69.7 cm³/mol. The summed E-state index contributed by atoms with van der Waals surface area (Å²) >= 11 is 0. The Hall–Kier alpha value is -1.35. The van der Waals surface area contributed by atoms with Gasteiger partial charge in [-0.1, -0.05) is 0 Å². The van der Waals surface area contributed by atoms with Crippen LogP contribution in [0.5, 0.6) is 5.75 Å². The van der Waals surface area contributed by atoms with E-state index in [0.717, 1.165) is 5.75 Å². The zero-order chi connectivity index (χ0) is 12.9. The van der Waals surface area contributed by atoms with Gasteiger partial charge in [0.2, 0.25) is 0 Å². The van der Waals surface area contributed by atoms with Crippen LogP contribution in [0.1, 0.15) is 38.1 Å². The topological polar surface area (TPSA) is 38.3 Å². The summed E-state index contributed by atoms with van der Waals surface area (Å²) in [5, 5.41) is 3.18. The van der Waals surface area contributed by atoms with Crippen LogP contribution in [0.25, 0.3) is 0 Å². The molecular weight excluding hydrogens is 214 g/mol. The van der Waals surface area contributed by atoms with Gasteiger partial charge in [-0.15, -0.1) is 0 Å². The van der Waals surface area contributed by atoms with E-state index in [9.17, 15) is 4.79 Å². The zero-order valence-corrected chi connectivity index (χ0v) is 11.0. The summed E-state index contributed by atoms with van der Waals surface area (Å²) in [5.74, 6) is 0.899. The van der Waals surface area contributed by atoms with Gasteiger partial charge in [-0.2, -0.15) is 0 Å². The second-order valence-electron chi connectivity index (χ2n) is 4.98. The quantitative estimate of drug-likeness (QED) is 0.797. The maximum atomic E-state index is 11.9. The van der Waals surface area contributed by atoms with Gasteiger partial charge < -0.3 is 10.1 Å². The van der Waals surface area contributed by atoms with Crippen molar-refractivity contribution in [1.29, 1.82) is 0 Å². The van der Waals surface area contributed by atoms with E-state index in [4.69, 9.17) is 4.74 Å². The summed E-state index contributed by atoms with van der Waals surface area (Å²) in [6, 6.07) is 7.26. The zero-order valence-electron chi connectivity index (χ0n) is 11.0. The normalized spacial score (nSPS) is 11.3. The molecule has 0 unspecified atom stereocenters. The van der Waals surface area contributed by atoms with Gasteiger partial charge >= 0.3 is 0 Å². The fraction of sp³-hybridized carbons (Fsp3) is 0.500. The maximum absolute atomic E-state index is 11.9. The first-order valence-corrected chi connectivity index (χ1v) is 5.93. The van der Waals surface area contributed by atoms with Crippen LogP contribution in [0.3, 0.4) is 0 Å². The van der Waals surface area contributed by atoms with Gasteiger partial charge in [0.25, 0.3) is 0 Å². The van der Waals surface area contributed by atoms with Crippen LogP contribution in [-0.4, -0.2) is 24.5 Å². The minimum absolute atomic E-state index is 0.0408. The third-order valence-electron chi connectivity index (χ3n) is 2.27. The minimum atomic E-state index is -0.0408. The first kappa shape index (κ1) is 13.7. The molecule has 1 rings (SSSR count). The largest absolute Gasteiger partial charge is 0.494 e. The van der Waals surface area contributed by atoms with Crippen molar-refractivity contribution in [3.05, 3.63) is 29.8 Å². The van der Waals surface area contributed by atoms with E-state index < -0.39 is 0 Å². The Morgan fingerprint density at radius 2 is 1.82 bits per heavy atom. The highest BCUT2D eigenvalue weighted by molar-refractivity contribution is 5.97. The SMILES string of the molecule is CCOc1ccc(C(=O)CNC(C)(C)C)cc1. The molecule has 94 valence electrons. The highest BCUT2D eigenvalue weighted by Crippen LogP contribution is 2.12. The summed E-state index contributed by atoms with van der Waals surface area (Å²) in [6.45, 7) is 9.05. The third kappa shape index (κ3) is 5.00. The maximum Gasteiger partial charge on any atom is 0.176 e. The highest BCUT2D eigenvalue weighted by Gasteiger charge is 2.12. The number of Topliss-reactive ketones (excluding diaryl/α,β-unsaturated/α-hetero) is 1. The lowest BCUT2D eigenvalue weighted by Gasteiger charge is -2.19. The number of carbonyl (C=O) groups is 1. The summed E-state index contributed by atoms with van der Waals surface area (Å²) in [4.78, 5) is 11.9. The van der Waals surface area contributed by atoms with Crippen molar-refractivity contribution in [1.82, 2.24) is 5.32 Å². The van der Waals surface area contributed by atoms with Crippen molar-refractivity contribution < 1.29 is 9.53 Å². The first-order valence-electron chi connectivity index (χ1n) is 5.93. The molecule has 3 nitrogen and oxygen atoms in total. The van der Waals surface area contributed by atoms with E-state index >= 15 is 0 Å². The number of rotatable bonds is 5. The van der Waals surface area contributed by atoms with Gasteiger partial charge in [-0.05, 0) is 52.0 Å². The molecule has 0 spiro atoms. The van der Waals surface area contributed by atoms with Crippen LogP contribution in [0, 0.1) is 0 Å². The van der Waals surface area contributed by atoms with Crippen molar-refractivity contribution in [3.63, 3.8) is 0 Å². The predicted octanol–water partition coefficient (Wildman–Crippen LogP) is 2.66. The fourth-order valence-electron chi connectivity index (χ4n) is 1.35. The molecule has 1 N–H and O–H groups in total. The van der Waals surface area contributed by atoms with Crippen molar-refractivity contribution in [2.24, 2.45) is 0 Å². The van der Waals surface area contributed by atoms with Crippen LogP contribution in [0.2, 0.25) is 0 Å². The molecule has 1 aromatic rings. The van der Waals surface area contributed by atoms with Gasteiger partial charge in [0.05, 0.1) is 13.2 Å². The number of hydrogen-bond donors (Lipinski definition) is 1. The molecule has 0 radical (unpaired) electrons. The van der Waals surface area contributed by atoms with Crippen LogP contribution in [0.4, 0.5) is 0 Å². The van der Waals surface area contributed by atoms with E-state index in [1.54, 1.807) is 12.1 Å². The van der Waals surface area contributed by atoms with Crippen LogP contribution < -0.4 is 10.1 Å². The lowest BCUT2D eigenvalue weighted by atomic mass is 10.1. The smallest absolute Gasteiger partial charge is 0.176 e. The summed E-state index contributed by atoms with van der Waals surface area (Å²) in [6.07, 6.45) is 0. The monoisotopic (exact) mass is 235 g/mol. The molecule has 0 atom stereocenters. The average Bonchev–Trinajstić information content (AvgIpc) is 2.26. The molecule has 17 heavy (non-hydrogen) atoms. The molecule has 0 aliphatic carbocycles. The first-order chi connectivity index (χ1) is 7.92. The molecule has 0 amide bonds. The standard InChI is InChI=1S/C14H21NO2/c1-5-17-12-8-6-11(7-9-12)13(16)10-15-14(2,3)4/h6-9,15H,5,10H2,1-4H3. The van der Waals surface area contributed by atoms with Crippen molar-refractivity contribution >= 4 is 5.78 Å². The Kier molecular flexibility index (Phi) is 4.70. The summed E-state index contributed by atoms with van der Waals surface area (Å²) < 4.78 is 5.33. The van der Waals surface area contributed by atoms with Gasteiger partial charge in [0, 0.05) is 11.1 Å². The Labute approximate surface area is 103 Å². The molecule has 0 bridgehead atoms. The Morgan fingerprint density at radius 1 is 1.24 bits per heavy atom. The molecule has 0 saturated heterocycles. The Morgan fingerprint density at radius 3 is 2.29 bits per heavy atom. The molecule has 1 aromatic carbocycles. The molecular formula is C14H21NO2. The van der Waals surface area contributed by atoms with E-state index in [-0.39, 0.29) is 11.3 Å². The number of nitrogens with one attached hydrogen (secondary N) is 1. The number of hydrogen-bond acceptors (Lipinski definition) is 3. The van der Waals surface area contributed by atoms with Gasteiger partial charge in [-0.3, -0.25) is 4.79 Å². The highest BCUT2D eigenvalue weighted by atomic mass is 16.5. The number of ketones is 1. The van der Waals surface area contributed by atoms with Crippen molar-refractivity contribution in [2.75, 3.05) is 13.2 Å². The van der Waals surface area contributed by atoms with Crippen LogP contribution in [0.15, 0.2) is 24.3 Å². The molecule has 0 heterocycles. The molecule has 3 heteroatoms. The van der Waals surface area contributed by atoms with E-state index in [0.29, 0.717) is 18.7 Å². The molecule has 0 saturated carbocycles. The number of ether oxygens (including phenoxy) is 1. The molecule has 0 aromatic heterocycles. The van der Waals surface area contributed by atoms with Crippen LogP contribution >= 0.6 is 0 Å². The second-order valence-corrected chi connectivity index (χ2v) is 4.98. The van der Waals surface area contributed by atoms with E-state index in [1.165, 1.54) is 0 Å².